The zero-order valence-corrected chi connectivity index (χ0v) is 12.7. The number of hydrogen-bond donors (Lipinski definition) is 1. The van der Waals surface area contributed by atoms with Crippen LogP contribution in [0.3, 0.4) is 0 Å². The third-order valence-electron chi connectivity index (χ3n) is 3.53. The molecule has 3 nitrogen and oxygen atoms in total. The van der Waals surface area contributed by atoms with Gasteiger partial charge in [0.15, 0.2) is 0 Å². The summed E-state index contributed by atoms with van der Waals surface area (Å²) in [4.78, 5) is 4.65. The highest BCUT2D eigenvalue weighted by Crippen LogP contribution is 2.19. The lowest BCUT2D eigenvalue weighted by atomic mass is 10.1. The van der Waals surface area contributed by atoms with E-state index in [0.29, 0.717) is 0 Å². The molecule has 4 heteroatoms. The molecule has 0 spiro atoms. The van der Waals surface area contributed by atoms with Gasteiger partial charge < -0.3 is 15.1 Å². The average Bonchev–Trinajstić information content (AvgIpc) is 2.40. The molecule has 1 heterocycles. The second-order valence-corrected chi connectivity index (χ2v) is 5.91. The van der Waals surface area contributed by atoms with Crippen molar-refractivity contribution >= 4 is 11.6 Å². The normalized spacial score (nSPS) is 17.1. The van der Waals surface area contributed by atoms with Gasteiger partial charge in [0.2, 0.25) is 0 Å². The number of piperazine rings is 1. The summed E-state index contributed by atoms with van der Waals surface area (Å²) in [5.41, 5.74) is 2.55. The molecular formula is C15H24ClN3. The Morgan fingerprint density at radius 1 is 1.26 bits per heavy atom. The molecule has 1 saturated heterocycles. The Kier molecular flexibility index (Phi) is 5.64. The Balaban J connectivity index is 1.88. The molecule has 1 aromatic carbocycles. The molecular weight excluding hydrogens is 258 g/mol. The van der Waals surface area contributed by atoms with Crippen molar-refractivity contribution < 1.29 is 0 Å². The molecule has 0 aliphatic carbocycles. The van der Waals surface area contributed by atoms with E-state index in [1.807, 2.05) is 0 Å². The highest BCUT2D eigenvalue weighted by molar-refractivity contribution is 6.31. The van der Waals surface area contributed by atoms with Gasteiger partial charge in [-0.3, -0.25) is 0 Å². The summed E-state index contributed by atoms with van der Waals surface area (Å²) in [6, 6.07) is 6.50. The van der Waals surface area contributed by atoms with Gasteiger partial charge in [0, 0.05) is 44.3 Å². The number of benzene rings is 1. The fraction of sp³-hybridized carbons (Fsp3) is 0.600. The Bertz CT molecular complexity index is 400. The van der Waals surface area contributed by atoms with Gasteiger partial charge in [-0.1, -0.05) is 23.7 Å². The molecule has 0 saturated carbocycles. The Morgan fingerprint density at radius 2 is 2.00 bits per heavy atom. The molecule has 1 aromatic rings. The molecule has 19 heavy (non-hydrogen) atoms. The van der Waals surface area contributed by atoms with E-state index in [1.165, 1.54) is 11.1 Å². The lowest BCUT2D eigenvalue weighted by molar-refractivity contribution is 0.244. The lowest BCUT2D eigenvalue weighted by Crippen LogP contribution is -2.44. The van der Waals surface area contributed by atoms with Crippen LogP contribution >= 0.6 is 11.6 Å². The van der Waals surface area contributed by atoms with Crippen molar-refractivity contribution in [3.05, 3.63) is 34.3 Å². The molecule has 2 rings (SSSR count). The lowest BCUT2D eigenvalue weighted by Gasteiger charge is -2.27. The zero-order valence-electron chi connectivity index (χ0n) is 12.0. The van der Waals surface area contributed by atoms with Crippen molar-refractivity contribution in [1.82, 2.24) is 15.1 Å². The molecule has 106 valence electrons. The highest BCUT2D eigenvalue weighted by Gasteiger charge is 2.09. The van der Waals surface area contributed by atoms with Crippen LogP contribution in [0.4, 0.5) is 0 Å². The number of nitrogens with zero attached hydrogens (tertiary/aromatic N) is 2. The van der Waals surface area contributed by atoms with Crippen molar-refractivity contribution in [2.45, 2.75) is 13.0 Å². The van der Waals surface area contributed by atoms with Crippen molar-refractivity contribution in [2.24, 2.45) is 0 Å². The first kappa shape index (κ1) is 14.8. The molecule has 1 N–H and O–H groups in total. The van der Waals surface area contributed by atoms with E-state index in [-0.39, 0.29) is 0 Å². The van der Waals surface area contributed by atoms with Crippen LogP contribution in [-0.4, -0.2) is 56.6 Å². The van der Waals surface area contributed by atoms with E-state index in [9.17, 15) is 0 Å². The number of halogens is 1. The molecule has 0 radical (unpaired) electrons. The third-order valence-corrected chi connectivity index (χ3v) is 3.88. The van der Waals surface area contributed by atoms with Crippen LogP contribution in [0.2, 0.25) is 5.02 Å². The fourth-order valence-electron chi connectivity index (χ4n) is 2.44. The van der Waals surface area contributed by atoms with Gasteiger partial charge in [-0.25, -0.2) is 0 Å². The Labute approximate surface area is 121 Å². The minimum atomic E-state index is 0.895. The van der Waals surface area contributed by atoms with Crippen molar-refractivity contribution in [3.63, 3.8) is 0 Å². The van der Waals surface area contributed by atoms with E-state index in [1.54, 1.807) is 0 Å². The van der Waals surface area contributed by atoms with Gasteiger partial charge in [0.1, 0.15) is 0 Å². The molecule has 0 aromatic heterocycles. The summed E-state index contributed by atoms with van der Waals surface area (Å²) in [6.45, 7) is 6.58. The van der Waals surface area contributed by atoms with E-state index < -0.39 is 0 Å². The second kappa shape index (κ2) is 7.25. The van der Waals surface area contributed by atoms with Crippen LogP contribution < -0.4 is 5.32 Å². The fourth-order valence-corrected chi connectivity index (χ4v) is 2.70. The van der Waals surface area contributed by atoms with Crippen molar-refractivity contribution in [3.8, 4) is 0 Å². The van der Waals surface area contributed by atoms with E-state index in [4.69, 9.17) is 11.6 Å². The van der Waals surface area contributed by atoms with Crippen molar-refractivity contribution in [2.75, 3.05) is 46.8 Å². The van der Waals surface area contributed by atoms with Gasteiger partial charge in [-0.05, 0) is 37.7 Å². The number of rotatable bonds is 5. The number of nitrogens with one attached hydrogen (secondary N) is 1. The number of hydrogen-bond acceptors (Lipinski definition) is 3. The standard InChI is InChI=1S/C15H24ClN3/c1-18(2)12-14-4-3-13(11-15(14)16)5-8-19-9-6-17-7-10-19/h3-4,11,17H,5-10,12H2,1-2H3. The minimum Gasteiger partial charge on any atom is -0.314 e. The van der Waals surface area contributed by atoms with Crippen LogP contribution in [0.15, 0.2) is 18.2 Å². The van der Waals surface area contributed by atoms with Crippen molar-refractivity contribution in [1.29, 1.82) is 0 Å². The van der Waals surface area contributed by atoms with Crippen LogP contribution in [0.25, 0.3) is 0 Å². The average molecular weight is 282 g/mol. The maximum Gasteiger partial charge on any atom is 0.0453 e. The predicted molar refractivity (Wildman–Crippen MR) is 81.9 cm³/mol. The first-order valence-electron chi connectivity index (χ1n) is 7.00. The SMILES string of the molecule is CN(C)Cc1ccc(CCN2CCNCC2)cc1Cl. The largest absolute Gasteiger partial charge is 0.314 e. The Morgan fingerprint density at radius 3 is 2.63 bits per heavy atom. The van der Waals surface area contributed by atoms with Gasteiger partial charge in [-0.2, -0.15) is 0 Å². The van der Waals surface area contributed by atoms with Gasteiger partial charge in [-0.15, -0.1) is 0 Å². The van der Waals surface area contributed by atoms with Crippen LogP contribution in [0.1, 0.15) is 11.1 Å². The predicted octanol–water partition coefficient (Wildman–Crippen LogP) is 1.85. The zero-order chi connectivity index (χ0) is 13.7. The summed E-state index contributed by atoms with van der Waals surface area (Å²) < 4.78 is 0. The minimum absolute atomic E-state index is 0.895. The summed E-state index contributed by atoms with van der Waals surface area (Å²) >= 11 is 6.34. The quantitative estimate of drug-likeness (QED) is 0.889. The first-order valence-corrected chi connectivity index (χ1v) is 7.38. The topological polar surface area (TPSA) is 18.5 Å². The smallest absolute Gasteiger partial charge is 0.0453 e. The molecule has 0 amide bonds. The molecule has 0 atom stereocenters. The molecule has 0 bridgehead atoms. The first-order chi connectivity index (χ1) is 9.15. The molecule has 1 aliphatic rings. The maximum absolute atomic E-state index is 6.34. The van der Waals surface area contributed by atoms with E-state index in [0.717, 1.165) is 50.7 Å². The summed E-state index contributed by atoms with van der Waals surface area (Å²) in [6.07, 6.45) is 1.09. The van der Waals surface area contributed by atoms with Crippen LogP contribution in [0.5, 0.6) is 0 Å². The summed E-state index contributed by atoms with van der Waals surface area (Å²) in [7, 11) is 4.13. The summed E-state index contributed by atoms with van der Waals surface area (Å²) in [5, 5.41) is 4.28. The van der Waals surface area contributed by atoms with Gasteiger partial charge in [0.25, 0.3) is 0 Å². The maximum atomic E-state index is 6.34. The van der Waals surface area contributed by atoms with E-state index in [2.05, 4.69) is 47.4 Å². The second-order valence-electron chi connectivity index (χ2n) is 5.51. The molecule has 1 fully saturated rings. The van der Waals surface area contributed by atoms with E-state index >= 15 is 0 Å². The molecule has 0 unspecified atom stereocenters. The molecule has 1 aliphatic heterocycles. The monoisotopic (exact) mass is 281 g/mol. The van der Waals surface area contributed by atoms with Gasteiger partial charge in [0.05, 0.1) is 0 Å². The third kappa shape index (κ3) is 4.77. The van der Waals surface area contributed by atoms with Crippen LogP contribution in [-0.2, 0) is 13.0 Å². The van der Waals surface area contributed by atoms with Gasteiger partial charge >= 0.3 is 0 Å². The summed E-state index contributed by atoms with van der Waals surface area (Å²) in [5.74, 6) is 0. The Hall–Kier alpha value is -0.610. The highest BCUT2D eigenvalue weighted by atomic mass is 35.5. The van der Waals surface area contributed by atoms with Crippen LogP contribution in [0, 0.1) is 0 Å².